The molecule has 43 heavy (non-hydrogen) atoms. The molecule has 0 heterocycles. The van der Waals surface area contributed by atoms with E-state index in [9.17, 15) is 34.2 Å². The number of benzene rings is 1. The summed E-state index contributed by atoms with van der Waals surface area (Å²) in [5.41, 5.74) is -2.50. The Balaban J connectivity index is 1.71. The van der Waals surface area contributed by atoms with Gasteiger partial charge in [-0.05, 0) is 85.5 Å². The predicted molar refractivity (Wildman–Crippen MR) is 160 cm³/mol. The minimum Gasteiger partial charge on any atom is -0.506 e. The van der Waals surface area contributed by atoms with Crippen LogP contribution in [0.25, 0.3) is 0 Å². The number of carbonyl (C=O) groups is 5. The van der Waals surface area contributed by atoms with Crippen LogP contribution in [0.4, 0.5) is 0 Å². The van der Waals surface area contributed by atoms with Crippen molar-refractivity contribution in [3.8, 4) is 17.6 Å². The monoisotopic (exact) mass is 586 g/mol. The lowest BCUT2D eigenvalue weighted by atomic mass is 9.39. The van der Waals surface area contributed by atoms with Crippen LogP contribution in [0.1, 0.15) is 114 Å². The van der Waals surface area contributed by atoms with E-state index >= 15 is 0 Å². The Kier molecular flexibility index (Phi) is 7.49. The molecule has 1 aromatic rings. The topological polar surface area (TPSA) is 126 Å². The molecule has 0 bridgehead atoms. The number of fused-ring (bicyclic) bond motifs is 3. The van der Waals surface area contributed by atoms with E-state index in [1.54, 1.807) is 27.7 Å². The van der Waals surface area contributed by atoms with Crippen LogP contribution in [0, 0.1) is 46.3 Å². The molecule has 7 heteroatoms. The highest BCUT2D eigenvalue weighted by atomic mass is 16.3. The minimum atomic E-state index is -2.70. The number of hydrogen-bond acceptors (Lipinski definition) is 7. The maximum Gasteiger partial charge on any atom is 0.190 e. The van der Waals surface area contributed by atoms with Gasteiger partial charge < -0.3 is 10.2 Å². The number of carbonyl (C=O) groups excluding carboxylic acids is 5. The molecule has 0 saturated heterocycles. The van der Waals surface area contributed by atoms with Crippen LogP contribution in [-0.2, 0) is 25.6 Å². The molecule has 2 fully saturated rings. The summed E-state index contributed by atoms with van der Waals surface area (Å²) < 4.78 is 0. The van der Waals surface area contributed by atoms with Gasteiger partial charge in [0.25, 0.3) is 0 Å². The highest BCUT2D eigenvalue weighted by Crippen LogP contribution is 2.64. The van der Waals surface area contributed by atoms with E-state index in [-0.39, 0.29) is 36.0 Å². The Hall–Kier alpha value is -3.37. The van der Waals surface area contributed by atoms with Gasteiger partial charge in [0.2, 0.25) is 0 Å². The molecule has 2 saturated carbocycles. The van der Waals surface area contributed by atoms with Gasteiger partial charge in [0.05, 0.1) is 17.0 Å². The number of phenols is 1. The van der Waals surface area contributed by atoms with Crippen molar-refractivity contribution in [2.24, 2.45) is 34.5 Å². The number of rotatable bonds is 3. The third kappa shape index (κ3) is 4.31. The first-order chi connectivity index (χ1) is 20.0. The van der Waals surface area contributed by atoms with E-state index in [0.717, 1.165) is 43.7 Å². The average Bonchev–Trinajstić information content (AvgIpc) is 2.90. The van der Waals surface area contributed by atoms with E-state index in [1.807, 2.05) is 19.9 Å². The second-order valence-electron chi connectivity index (χ2n) is 14.4. The number of hydrogen-bond donors (Lipinski definition) is 2. The molecule has 3 unspecified atom stereocenters. The van der Waals surface area contributed by atoms with Gasteiger partial charge in [-0.25, -0.2) is 0 Å². The SMILES string of the molecule is CC(=O)C1C(=O)C(C(C)C)[C@@]2(C)C[C@@]3(C)Cc4c(C(C)C)cc(C#CC5=CCCCC5)c(O)c4C(=O)C3C(=O)[C@@]2(O)C1=O. The molecule has 2 N–H and O–H groups in total. The zero-order valence-corrected chi connectivity index (χ0v) is 26.2. The molecule has 0 spiro atoms. The maximum absolute atomic E-state index is 14.5. The van der Waals surface area contributed by atoms with E-state index < -0.39 is 63.1 Å². The van der Waals surface area contributed by atoms with Crippen molar-refractivity contribution in [2.75, 3.05) is 0 Å². The van der Waals surface area contributed by atoms with Gasteiger partial charge in [0, 0.05) is 11.3 Å². The zero-order valence-electron chi connectivity index (χ0n) is 26.2. The third-order valence-corrected chi connectivity index (χ3v) is 10.7. The Morgan fingerprint density at radius 1 is 1.02 bits per heavy atom. The molecule has 0 aliphatic heterocycles. The summed E-state index contributed by atoms with van der Waals surface area (Å²) in [7, 11) is 0. The van der Waals surface area contributed by atoms with Crippen molar-refractivity contribution in [1.82, 2.24) is 0 Å². The molecule has 1 aromatic carbocycles. The van der Waals surface area contributed by atoms with Crippen molar-refractivity contribution >= 4 is 28.9 Å². The number of allylic oxidation sites excluding steroid dienone is 2. The van der Waals surface area contributed by atoms with Gasteiger partial charge in [-0.1, -0.05) is 59.5 Å². The fourth-order valence-electron chi connectivity index (χ4n) is 8.94. The Bertz CT molecular complexity index is 1570. The number of aliphatic hydroxyl groups is 1. The van der Waals surface area contributed by atoms with Gasteiger partial charge in [-0.3, -0.25) is 24.0 Å². The first-order valence-corrected chi connectivity index (χ1v) is 15.5. The molecule has 4 aliphatic carbocycles. The van der Waals surface area contributed by atoms with Crippen LogP contribution in [0.2, 0.25) is 0 Å². The summed E-state index contributed by atoms with van der Waals surface area (Å²) in [4.78, 5) is 69.1. The van der Waals surface area contributed by atoms with Crippen LogP contribution in [0.15, 0.2) is 17.7 Å². The summed E-state index contributed by atoms with van der Waals surface area (Å²) >= 11 is 0. The fraction of sp³-hybridized carbons (Fsp3) is 0.583. The van der Waals surface area contributed by atoms with Crippen LogP contribution in [0.5, 0.6) is 5.75 Å². The molecule has 0 radical (unpaired) electrons. The predicted octanol–water partition coefficient (Wildman–Crippen LogP) is 5.07. The fourth-order valence-corrected chi connectivity index (χ4v) is 8.94. The van der Waals surface area contributed by atoms with Crippen molar-refractivity contribution in [3.05, 3.63) is 40.0 Å². The lowest BCUT2D eigenvalue weighted by molar-refractivity contribution is -0.205. The number of aromatic hydroxyl groups is 1. The van der Waals surface area contributed by atoms with Gasteiger partial charge in [-0.2, -0.15) is 0 Å². The Morgan fingerprint density at radius 3 is 2.26 bits per heavy atom. The lowest BCUT2D eigenvalue weighted by Gasteiger charge is -2.62. The van der Waals surface area contributed by atoms with Crippen LogP contribution in [0.3, 0.4) is 0 Å². The summed E-state index contributed by atoms with van der Waals surface area (Å²) in [5, 5.41) is 23.7. The second kappa shape index (κ2) is 10.4. The van der Waals surface area contributed by atoms with Crippen LogP contribution in [-0.4, -0.2) is 44.7 Å². The standard InChI is InChI=1S/C36H42O7/c1-18(2)23-15-22(14-13-21-11-9-8-10-12-21)29(38)26-24(23)16-34(6)17-35(7)27(19(3)4)30(39)25(20(5)37)32(41)36(35,43)33(42)28(34)31(26)40/h11,15,18-19,25,27-28,38,43H,8-10,12,16-17H2,1-7H3/t25?,27?,28?,34-,35-,36+/m1/s1. The molecule has 7 nitrogen and oxygen atoms in total. The normalized spacial score (nSPS) is 33.8. The molecular weight excluding hydrogens is 544 g/mol. The molecule has 0 aromatic heterocycles. The third-order valence-electron chi connectivity index (χ3n) is 10.7. The Labute approximate surface area is 253 Å². The second-order valence-corrected chi connectivity index (χ2v) is 14.4. The quantitative estimate of drug-likeness (QED) is 0.374. The summed E-state index contributed by atoms with van der Waals surface area (Å²) in [6.07, 6.45) is 6.33. The van der Waals surface area contributed by atoms with Gasteiger partial charge in [0.1, 0.15) is 17.5 Å². The molecule has 0 amide bonds. The number of phenolic OH excluding ortho intramolecular Hbond substituents is 1. The van der Waals surface area contributed by atoms with Gasteiger partial charge in [0.15, 0.2) is 28.7 Å². The first kappa shape index (κ1) is 31.1. The minimum absolute atomic E-state index is 0.0130. The van der Waals surface area contributed by atoms with Crippen LogP contribution < -0.4 is 0 Å². The summed E-state index contributed by atoms with van der Waals surface area (Å²) in [6.45, 7) is 12.0. The largest absolute Gasteiger partial charge is 0.506 e. The first-order valence-electron chi connectivity index (χ1n) is 15.5. The van der Waals surface area contributed by atoms with Crippen molar-refractivity contribution < 1.29 is 34.2 Å². The average molecular weight is 587 g/mol. The summed E-state index contributed by atoms with van der Waals surface area (Å²) in [5.74, 6) is -2.72. The molecular formula is C36H42O7. The molecule has 6 atom stereocenters. The molecule has 4 aliphatic rings. The maximum atomic E-state index is 14.5. The van der Waals surface area contributed by atoms with E-state index in [2.05, 4.69) is 17.9 Å². The molecule has 5 rings (SSSR count). The highest BCUT2D eigenvalue weighted by molar-refractivity contribution is 6.32. The highest BCUT2D eigenvalue weighted by Gasteiger charge is 2.76. The number of ketones is 5. The number of Topliss-reactive ketones (excluding diaryl/α,β-unsaturated/α-hetero) is 5. The summed E-state index contributed by atoms with van der Waals surface area (Å²) in [6, 6.07) is 1.83. The molecule has 228 valence electrons. The van der Waals surface area contributed by atoms with Crippen molar-refractivity contribution in [1.29, 1.82) is 0 Å². The Morgan fingerprint density at radius 2 is 1.70 bits per heavy atom. The van der Waals surface area contributed by atoms with E-state index in [4.69, 9.17) is 0 Å². The lowest BCUT2D eigenvalue weighted by Crippen LogP contribution is -2.76. The van der Waals surface area contributed by atoms with Gasteiger partial charge in [-0.15, -0.1) is 0 Å². The smallest absolute Gasteiger partial charge is 0.190 e. The van der Waals surface area contributed by atoms with Gasteiger partial charge >= 0.3 is 0 Å². The van der Waals surface area contributed by atoms with Crippen molar-refractivity contribution in [2.45, 2.75) is 98.5 Å². The van der Waals surface area contributed by atoms with E-state index in [1.165, 1.54) is 0 Å². The van der Waals surface area contributed by atoms with Crippen LogP contribution >= 0.6 is 0 Å². The van der Waals surface area contributed by atoms with Crippen molar-refractivity contribution in [3.63, 3.8) is 0 Å². The van der Waals surface area contributed by atoms with E-state index in [0.29, 0.717) is 11.1 Å². The zero-order chi connectivity index (χ0) is 31.8.